The summed E-state index contributed by atoms with van der Waals surface area (Å²) in [6.45, 7) is 11.1. The van der Waals surface area contributed by atoms with Crippen LogP contribution in [0.4, 0.5) is 0 Å². The van der Waals surface area contributed by atoms with Crippen LogP contribution < -0.4 is 10.6 Å². The van der Waals surface area contributed by atoms with Gasteiger partial charge in [-0.2, -0.15) is 0 Å². The van der Waals surface area contributed by atoms with Crippen molar-refractivity contribution in [2.45, 2.75) is 45.7 Å². The molecule has 158 valence electrons. The predicted octanol–water partition coefficient (Wildman–Crippen LogP) is 2.43. The van der Waals surface area contributed by atoms with E-state index in [-0.39, 0.29) is 0 Å². The van der Waals surface area contributed by atoms with Crippen molar-refractivity contribution in [2.75, 3.05) is 53.1 Å². The number of hydrogen-bond acceptors (Lipinski definition) is 4. The maximum Gasteiger partial charge on any atom is 0.191 e. The van der Waals surface area contributed by atoms with Crippen molar-refractivity contribution in [2.24, 2.45) is 4.99 Å². The molecule has 1 heterocycles. The minimum atomic E-state index is 0.473. The van der Waals surface area contributed by atoms with E-state index >= 15 is 0 Å². The second-order valence-corrected chi connectivity index (χ2v) is 7.16. The Hall–Kier alpha value is -1.63. The van der Waals surface area contributed by atoms with E-state index in [1.807, 2.05) is 0 Å². The Bertz CT molecular complexity index is 579. The molecule has 0 aromatic heterocycles. The zero-order chi connectivity index (χ0) is 20.0. The number of nitrogens with zero attached hydrogens (tertiary/aromatic N) is 2. The number of rotatable bonds is 12. The van der Waals surface area contributed by atoms with Gasteiger partial charge < -0.3 is 20.1 Å². The van der Waals surface area contributed by atoms with Crippen LogP contribution in [-0.2, 0) is 22.4 Å². The minimum absolute atomic E-state index is 0.473. The van der Waals surface area contributed by atoms with Gasteiger partial charge in [0.05, 0.1) is 19.8 Å². The summed E-state index contributed by atoms with van der Waals surface area (Å²) in [5.74, 6) is 0.898. The van der Waals surface area contributed by atoms with E-state index in [4.69, 9.17) is 14.5 Å². The molecule has 1 atom stereocenters. The number of guanidine groups is 1. The van der Waals surface area contributed by atoms with Gasteiger partial charge in [0, 0.05) is 45.9 Å². The normalized spacial score (nSPS) is 15.9. The van der Waals surface area contributed by atoms with Crippen LogP contribution in [0.15, 0.2) is 29.3 Å². The average Bonchev–Trinajstić information content (AvgIpc) is 2.73. The molecule has 2 rings (SSSR count). The van der Waals surface area contributed by atoms with Crippen molar-refractivity contribution >= 4 is 5.96 Å². The van der Waals surface area contributed by atoms with Gasteiger partial charge in [0.25, 0.3) is 0 Å². The van der Waals surface area contributed by atoms with Gasteiger partial charge in [-0.25, -0.2) is 0 Å². The average molecular weight is 391 g/mol. The van der Waals surface area contributed by atoms with Gasteiger partial charge in [-0.1, -0.05) is 31.2 Å². The predicted molar refractivity (Wildman–Crippen MR) is 116 cm³/mol. The van der Waals surface area contributed by atoms with Crippen LogP contribution in [0.3, 0.4) is 0 Å². The molecule has 0 aliphatic carbocycles. The van der Waals surface area contributed by atoms with Crippen LogP contribution in [-0.4, -0.2) is 70.0 Å². The molecule has 1 aromatic rings. The number of hydrogen-bond donors (Lipinski definition) is 2. The third-order valence-electron chi connectivity index (χ3n) is 5.14. The molecule has 2 N–H and O–H groups in total. The highest BCUT2D eigenvalue weighted by atomic mass is 16.5. The van der Waals surface area contributed by atoms with Gasteiger partial charge in [0.15, 0.2) is 5.96 Å². The Kier molecular flexibility index (Phi) is 10.9. The van der Waals surface area contributed by atoms with Crippen molar-refractivity contribution in [3.63, 3.8) is 0 Å². The standard InChI is InChI=1S/C22H38N4O2/c1-4-21(26-13-11-19-9-6-7-10-20(19)18-26)17-25-22(23-5-2)24-12-8-14-28-16-15-27-3/h6-7,9-10,21H,4-5,8,11-18H2,1-3H3,(H2,23,24,25). The largest absolute Gasteiger partial charge is 0.382 e. The first-order valence-electron chi connectivity index (χ1n) is 10.7. The van der Waals surface area contributed by atoms with Crippen molar-refractivity contribution in [3.05, 3.63) is 35.4 Å². The quantitative estimate of drug-likeness (QED) is 0.326. The molecule has 0 spiro atoms. The third-order valence-corrected chi connectivity index (χ3v) is 5.14. The molecule has 6 nitrogen and oxygen atoms in total. The van der Waals surface area contributed by atoms with Crippen molar-refractivity contribution in [1.82, 2.24) is 15.5 Å². The SMILES string of the molecule is CCNC(=NCC(CC)N1CCc2ccccc2C1)NCCCOCCOC. The molecule has 0 bridgehead atoms. The summed E-state index contributed by atoms with van der Waals surface area (Å²) < 4.78 is 10.5. The van der Waals surface area contributed by atoms with E-state index in [0.717, 1.165) is 64.6 Å². The first-order chi connectivity index (χ1) is 13.8. The zero-order valence-corrected chi connectivity index (χ0v) is 17.9. The van der Waals surface area contributed by atoms with E-state index in [1.54, 1.807) is 7.11 Å². The molecule has 0 saturated carbocycles. The number of nitrogens with one attached hydrogen (secondary N) is 2. The fourth-order valence-electron chi connectivity index (χ4n) is 3.50. The molecule has 1 aromatic carbocycles. The van der Waals surface area contributed by atoms with Gasteiger partial charge in [-0.15, -0.1) is 0 Å². The Morgan fingerprint density at radius 1 is 1.14 bits per heavy atom. The van der Waals surface area contributed by atoms with Gasteiger partial charge in [-0.3, -0.25) is 9.89 Å². The van der Waals surface area contributed by atoms with E-state index in [1.165, 1.54) is 11.1 Å². The van der Waals surface area contributed by atoms with Crippen LogP contribution in [0, 0.1) is 0 Å². The number of methoxy groups -OCH3 is 1. The fourth-order valence-corrected chi connectivity index (χ4v) is 3.50. The molecule has 1 aliphatic rings. The number of ether oxygens (including phenoxy) is 2. The number of benzene rings is 1. The maximum absolute atomic E-state index is 5.51. The lowest BCUT2D eigenvalue weighted by Gasteiger charge is -2.34. The molecule has 0 saturated heterocycles. The Balaban J connectivity index is 1.79. The minimum Gasteiger partial charge on any atom is -0.382 e. The number of fused-ring (bicyclic) bond motifs is 1. The van der Waals surface area contributed by atoms with E-state index < -0.39 is 0 Å². The Labute approximate surface area is 170 Å². The topological polar surface area (TPSA) is 58.1 Å². The zero-order valence-electron chi connectivity index (χ0n) is 17.9. The van der Waals surface area contributed by atoms with Crippen molar-refractivity contribution in [1.29, 1.82) is 0 Å². The molecule has 6 heteroatoms. The Morgan fingerprint density at radius 3 is 2.71 bits per heavy atom. The molecular weight excluding hydrogens is 352 g/mol. The maximum atomic E-state index is 5.51. The lowest BCUT2D eigenvalue weighted by atomic mass is 9.98. The van der Waals surface area contributed by atoms with Gasteiger partial charge >= 0.3 is 0 Å². The number of aliphatic imine (C=N–C) groups is 1. The lowest BCUT2D eigenvalue weighted by molar-refractivity contribution is 0.0698. The van der Waals surface area contributed by atoms with E-state index in [0.29, 0.717) is 19.3 Å². The summed E-state index contributed by atoms with van der Waals surface area (Å²) in [4.78, 5) is 7.44. The van der Waals surface area contributed by atoms with Crippen LogP contribution in [0.2, 0.25) is 0 Å². The molecule has 0 fully saturated rings. The summed E-state index contributed by atoms with van der Waals surface area (Å²) in [7, 11) is 1.69. The van der Waals surface area contributed by atoms with E-state index in [9.17, 15) is 0 Å². The van der Waals surface area contributed by atoms with Crippen LogP contribution >= 0.6 is 0 Å². The molecule has 0 radical (unpaired) electrons. The Morgan fingerprint density at radius 2 is 1.96 bits per heavy atom. The summed E-state index contributed by atoms with van der Waals surface area (Å²) in [5.41, 5.74) is 2.97. The van der Waals surface area contributed by atoms with Crippen LogP contribution in [0.1, 0.15) is 37.8 Å². The highest BCUT2D eigenvalue weighted by Crippen LogP contribution is 2.21. The van der Waals surface area contributed by atoms with Crippen LogP contribution in [0.5, 0.6) is 0 Å². The summed E-state index contributed by atoms with van der Waals surface area (Å²) in [6, 6.07) is 9.29. The monoisotopic (exact) mass is 390 g/mol. The molecular formula is C22H38N4O2. The van der Waals surface area contributed by atoms with Gasteiger partial charge in [-0.05, 0) is 37.3 Å². The fraction of sp³-hybridized carbons (Fsp3) is 0.682. The molecule has 1 aliphatic heterocycles. The lowest BCUT2D eigenvalue weighted by Crippen LogP contribution is -2.43. The third kappa shape index (κ3) is 7.78. The molecule has 0 amide bonds. The highest BCUT2D eigenvalue weighted by Gasteiger charge is 2.22. The van der Waals surface area contributed by atoms with Gasteiger partial charge in [0.1, 0.15) is 0 Å². The second kappa shape index (κ2) is 13.5. The second-order valence-electron chi connectivity index (χ2n) is 7.16. The first kappa shape index (κ1) is 22.7. The first-order valence-corrected chi connectivity index (χ1v) is 10.7. The molecule has 28 heavy (non-hydrogen) atoms. The smallest absolute Gasteiger partial charge is 0.191 e. The van der Waals surface area contributed by atoms with Crippen LogP contribution in [0.25, 0.3) is 0 Å². The summed E-state index contributed by atoms with van der Waals surface area (Å²) in [6.07, 6.45) is 3.20. The summed E-state index contributed by atoms with van der Waals surface area (Å²) >= 11 is 0. The van der Waals surface area contributed by atoms with Crippen molar-refractivity contribution < 1.29 is 9.47 Å². The van der Waals surface area contributed by atoms with Gasteiger partial charge in [0.2, 0.25) is 0 Å². The summed E-state index contributed by atoms with van der Waals surface area (Å²) in [5, 5.41) is 6.77. The van der Waals surface area contributed by atoms with E-state index in [2.05, 4.69) is 53.6 Å². The van der Waals surface area contributed by atoms with Crippen molar-refractivity contribution in [3.8, 4) is 0 Å². The highest BCUT2D eigenvalue weighted by molar-refractivity contribution is 5.79. The molecule has 1 unspecified atom stereocenters.